The molecule has 1 aliphatic heterocycles. The van der Waals surface area contributed by atoms with E-state index in [1.165, 1.54) is 12.8 Å². The van der Waals surface area contributed by atoms with Gasteiger partial charge in [-0.05, 0) is 44.7 Å². The number of amides is 1. The van der Waals surface area contributed by atoms with Gasteiger partial charge < -0.3 is 9.42 Å². The van der Waals surface area contributed by atoms with Gasteiger partial charge in [0.1, 0.15) is 0 Å². The quantitative estimate of drug-likeness (QED) is 0.675. The van der Waals surface area contributed by atoms with Gasteiger partial charge in [-0.2, -0.15) is 10.1 Å². The Bertz CT molecular complexity index is 1010. The van der Waals surface area contributed by atoms with Crippen molar-refractivity contribution in [1.29, 1.82) is 0 Å². The highest BCUT2D eigenvalue weighted by Crippen LogP contribution is 2.38. The smallest absolute Gasteiger partial charge is 0.259 e. The van der Waals surface area contributed by atoms with E-state index in [0.29, 0.717) is 23.2 Å². The molecule has 0 unspecified atom stereocenters. The normalized spacial score (nSPS) is 17.3. The fraction of sp³-hybridized carbons (Fsp3) is 0.476. The number of nitrogens with zero attached hydrogens (tertiary/aromatic N) is 6. The Morgan fingerprint density at radius 3 is 2.59 bits per heavy atom. The van der Waals surface area contributed by atoms with Crippen molar-refractivity contribution in [2.75, 3.05) is 13.1 Å². The molecule has 8 heteroatoms. The molecule has 29 heavy (non-hydrogen) atoms. The van der Waals surface area contributed by atoms with Crippen LogP contribution in [0.25, 0.3) is 17.3 Å². The zero-order chi connectivity index (χ0) is 19.8. The van der Waals surface area contributed by atoms with Crippen LogP contribution in [0.5, 0.6) is 0 Å². The van der Waals surface area contributed by atoms with Crippen LogP contribution in [-0.2, 0) is 0 Å². The molecule has 3 aromatic heterocycles. The molecule has 4 heterocycles. The standard InChI is InChI=1S/C21H24N6O2/c1-14-17(21(28)26-10-4-2-3-5-11-26)13-23-27(14)18-9-8-16(12-22-18)20-24-19(25-29-20)15-6-7-15/h8-9,12-13,15H,2-7,10-11H2,1H3. The summed E-state index contributed by atoms with van der Waals surface area (Å²) in [6.45, 7) is 3.56. The Morgan fingerprint density at radius 1 is 1.10 bits per heavy atom. The van der Waals surface area contributed by atoms with Crippen molar-refractivity contribution in [2.24, 2.45) is 0 Å². The molecular weight excluding hydrogens is 368 g/mol. The van der Waals surface area contributed by atoms with Crippen molar-refractivity contribution in [2.45, 2.75) is 51.4 Å². The van der Waals surface area contributed by atoms with Crippen molar-refractivity contribution in [3.63, 3.8) is 0 Å². The molecule has 0 aromatic carbocycles. The van der Waals surface area contributed by atoms with Gasteiger partial charge in [-0.25, -0.2) is 9.67 Å². The Morgan fingerprint density at radius 2 is 1.90 bits per heavy atom. The minimum Gasteiger partial charge on any atom is -0.339 e. The molecule has 5 rings (SSSR count). The third-order valence-corrected chi connectivity index (χ3v) is 5.73. The molecular formula is C21H24N6O2. The fourth-order valence-electron chi connectivity index (χ4n) is 3.79. The fourth-order valence-corrected chi connectivity index (χ4v) is 3.79. The van der Waals surface area contributed by atoms with E-state index in [1.807, 2.05) is 24.0 Å². The zero-order valence-corrected chi connectivity index (χ0v) is 16.5. The van der Waals surface area contributed by atoms with Gasteiger partial charge in [0, 0.05) is 25.2 Å². The summed E-state index contributed by atoms with van der Waals surface area (Å²) in [5.41, 5.74) is 2.22. The number of likely N-dealkylation sites (tertiary alicyclic amines) is 1. The Hall–Kier alpha value is -3.03. The molecule has 0 N–H and O–H groups in total. The van der Waals surface area contributed by atoms with Crippen molar-refractivity contribution >= 4 is 5.91 Å². The second-order valence-corrected chi connectivity index (χ2v) is 7.90. The number of hydrogen-bond donors (Lipinski definition) is 0. The summed E-state index contributed by atoms with van der Waals surface area (Å²) in [6.07, 6.45) is 10.1. The number of carbonyl (C=O) groups is 1. The topological polar surface area (TPSA) is 89.9 Å². The highest BCUT2D eigenvalue weighted by molar-refractivity contribution is 5.95. The van der Waals surface area contributed by atoms with Crippen LogP contribution in [0.2, 0.25) is 0 Å². The van der Waals surface area contributed by atoms with Gasteiger partial charge in [-0.3, -0.25) is 4.79 Å². The molecule has 0 bridgehead atoms. The minimum atomic E-state index is 0.0609. The van der Waals surface area contributed by atoms with Crippen molar-refractivity contribution < 1.29 is 9.32 Å². The first kappa shape index (κ1) is 18.0. The summed E-state index contributed by atoms with van der Waals surface area (Å²) in [5.74, 6) is 2.43. The summed E-state index contributed by atoms with van der Waals surface area (Å²) in [4.78, 5) is 23.9. The highest BCUT2D eigenvalue weighted by atomic mass is 16.5. The van der Waals surface area contributed by atoms with E-state index in [9.17, 15) is 4.79 Å². The van der Waals surface area contributed by atoms with E-state index in [0.717, 1.165) is 55.9 Å². The third kappa shape index (κ3) is 3.54. The summed E-state index contributed by atoms with van der Waals surface area (Å²) >= 11 is 0. The first-order valence-electron chi connectivity index (χ1n) is 10.3. The Kier molecular flexibility index (Phi) is 4.61. The van der Waals surface area contributed by atoms with Gasteiger partial charge in [0.2, 0.25) is 0 Å². The largest absolute Gasteiger partial charge is 0.339 e. The van der Waals surface area contributed by atoms with Gasteiger partial charge in [0.15, 0.2) is 11.6 Å². The molecule has 8 nitrogen and oxygen atoms in total. The molecule has 1 amide bonds. The van der Waals surface area contributed by atoms with E-state index >= 15 is 0 Å². The lowest BCUT2D eigenvalue weighted by molar-refractivity contribution is 0.0761. The van der Waals surface area contributed by atoms with E-state index in [4.69, 9.17) is 4.52 Å². The van der Waals surface area contributed by atoms with Gasteiger partial charge in [0.05, 0.1) is 23.0 Å². The average Bonchev–Trinajstić information content (AvgIpc) is 3.44. The molecule has 1 aliphatic carbocycles. The summed E-state index contributed by atoms with van der Waals surface area (Å²) in [5, 5.41) is 8.47. The molecule has 2 aliphatic rings. The van der Waals surface area contributed by atoms with E-state index in [1.54, 1.807) is 17.1 Å². The van der Waals surface area contributed by atoms with E-state index in [2.05, 4.69) is 20.2 Å². The second kappa shape index (κ2) is 7.42. The molecule has 0 spiro atoms. The van der Waals surface area contributed by atoms with Gasteiger partial charge in [-0.1, -0.05) is 18.0 Å². The van der Waals surface area contributed by atoms with Crippen LogP contribution in [0.3, 0.4) is 0 Å². The van der Waals surface area contributed by atoms with Crippen LogP contribution in [0.15, 0.2) is 29.0 Å². The van der Waals surface area contributed by atoms with Crippen LogP contribution in [0.4, 0.5) is 0 Å². The number of pyridine rings is 1. The number of rotatable bonds is 4. The predicted octanol–water partition coefficient (Wildman–Crippen LogP) is 3.52. The molecule has 1 saturated carbocycles. The molecule has 0 atom stereocenters. The summed E-state index contributed by atoms with van der Waals surface area (Å²) in [6, 6.07) is 3.75. The first-order valence-corrected chi connectivity index (χ1v) is 10.3. The number of carbonyl (C=O) groups excluding carboxylic acids is 1. The molecule has 2 fully saturated rings. The van der Waals surface area contributed by atoms with Gasteiger partial charge in [0.25, 0.3) is 11.8 Å². The lowest BCUT2D eigenvalue weighted by Crippen LogP contribution is -2.32. The van der Waals surface area contributed by atoms with Crippen molar-refractivity contribution in [1.82, 2.24) is 29.8 Å². The van der Waals surface area contributed by atoms with Crippen LogP contribution >= 0.6 is 0 Å². The molecule has 3 aromatic rings. The van der Waals surface area contributed by atoms with Crippen LogP contribution < -0.4 is 0 Å². The minimum absolute atomic E-state index is 0.0609. The number of hydrogen-bond acceptors (Lipinski definition) is 6. The van der Waals surface area contributed by atoms with E-state index in [-0.39, 0.29) is 5.91 Å². The average molecular weight is 392 g/mol. The maximum absolute atomic E-state index is 12.9. The van der Waals surface area contributed by atoms with Crippen molar-refractivity contribution in [3.8, 4) is 17.3 Å². The van der Waals surface area contributed by atoms with Gasteiger partial charge in [-0.15, -0.1) is 0 Å². The third-order valence-electron chi connectivity index (χ3n) is 5.73. The maximum atomic E-state index is 12.9. The Labute approximate surface area is 168 Å². The van der Waals surface area contributed by atoms with Gasteiger partial charge >= 0.3 is 0 Å². The maximum Gasteiger partial charge on any atom is 0.259 e. The molecule has 150 valence electrons. The predicted molar refractivity (Wildman–Crippen MR) is 106 cm³/mol. The lowest BCUT2D eigenvalue weighted by atomic mass is 10.2. The summed E-state index contributed by atoms with van der Waals surface area (Å²) < 4.78 is 7.07. The first-order chi connectivity index (χ1) is 14.2. The molecule has 0 radical (unpaired) electrons. The summed E-state index contributed by atoms with van der Waals surface area (Å²) in [7, 11) is 0. The number of aromatic nitrogens is 5. The second-order valence-electron chi connectivity index (χ2n) is 7.90. The van der Waals surface area contributed by atoms with Crippen LogP contribution in [0.1, 0.15) is 66.3 Å². The highest BCUT2D eigenvalue weighted by Gasteiger charge is 2.29. The van der Waals surface area contributed by atoms with E-state index < -0.39 is 0 Å². The van der Waals surface area contributed by atoms with Crippen molar-refractivity contribution in [3.05, 3.63) is 41.6 Å². The van der Waals surface area contributed by atoms with Crippen LogP contribution in [-0.4, -0.2) is 48.8 Å². The Balaban J connectivity index is 1.36. The lowest BCUT2D eigenvalue weighted by Gasteiger charge is -2.19. The molecule has 1 saturated heterocycles. The SMILES string of the molecule is Cc1c(C(=O)N2CCCCCC2)cnn1-c1ccc(-c2nc(C3CC3)no2)cn1. The zero-order valence-electron chi connectivity index (χ0n) is 16.5. The van der Waals surface area contributed by atoms with Crippen LogP contribution in [0, 0.1) is 6.92 Å². The monoisotopic (exact) mass is 392 g/mol.